The Kier molecular flexibility index (Phi) is 9.95. The fraction of sp³-hybridized carbons (Fsp3) is 0.444. The summed E-state index contributed by atoms with van der Waals surface area (Å²) in [6.07, 6.45) is 3.88. The van der Waals surface area contributed by atoms with Gasteiger partial charge in [0, 0.05) is 12.5 Å². The zero-order valence-electron chi connectivity index (χ0n) is 19.7. The summed E-state index contributed by atoms with van der Waals surface area (Å²) in [5.41, 5.74) is 1.67. The van der Waals surface area contributed by atoms with Crippen LogP contribution in [0.5, 0.6) is 0 Å². The SMILES string of the molecule is C[C@H]1CCCC[C@H]1NC(=O)CC[C@H](NC(=O)OCc1ccccc1)C(=O)OCc1ccccc1. The summed E-state index contributed by atoms with van der Waals surface area (Å²) in [6, 6.07) is 17.7. The Morgan fingerprint density at radius 3 is 2.09 bits per heavy atom. The van der Waals surface area contributed by atoms with E-state index < -0.39 is 18.1 Å². The molecule has 34 heavy (non-hydrogen) atoms. The predicted octanol–water partition coefficient (Wildman–Crippen LogP) is 4.50. The first-order valence-electron chi connectivity index (χ1n) is 12.0. The van der Waals surface area contributed by atoms with Gasteiger partial charge in [-0.05, 0) is 36.3 Å². The van der Waals surface area contributed by atoms with E-state index in [1.165, 1.54) is 6.42 Å². The van der Waals surface area contributed by atoms with E-state index in [2.05, 4.69) is 17.6 Å². The van der Waals surface area contributed by atoms with Crippen LogP contribution in [0.4, 0.5) is 4.79 Å². The normalized spacial score (nSPS) is 18.4. The Balaban J connectivity index is 1.53. The molecule has 0 bridgehead atoms. The standard InChI is InChI=1S/C27H34N2O5/c1-20-10-8-9-15-23(20)28-25(30)17-16-24(26(31)33-18-21-11-4-2-5-12-21)29-27(32)34-19-22-13-6-3-7-14-22/h2-7,11-14,20,23-24H,8-10,15-19H2,1H3,(H,28,30)(H,29,32)/t20-,23+,24-/m0/s1. The molecule has 0 spiro atoms. The fourth-order valence-electron chi connectivity index (χ4n) is 4.07. The van der Waals surface area contributed by atoms with Crippen LogP contribution in [-0.4, -0.2) is 30.1 Å². The second-order valence-corrected chi connectivity index (χ2v) is 8.83. The molecule has 2 amide bonds. The van der Waals surface area contributed by atoms with Crippen molar-refractivity contribution >= 4 is 18.0 Å². The van der Waals surface area contributed by atoms with Gasteiger partial charge in [0.05, 0.1) is 0 Å². The molecule has 0 aromatic heterocycles. The molecule has 1 aliphatic rings. The molecule has 3 rings (SSSR count). The minimum absolute atomic E-state index is 0.0819. The predicted molar refractivity (Wildman–Crippen MR) is 129 cm³/mol. The molecule has 0 saturated heterocycles. The summed E-state index contributed by atoms with van der Waals surface area (Å²) in [7, 11) is 0. The molecular formula is C27H34N2O5. The molecule has 1 saturated carbocycles. The van der Waals surface area contributed by atoms with Crippen molar-refractivity contribution < 1.29 is 23.9 Å². The van der Waals surface area contributed by atoms with Crippen molar-refractivity contribution in [2.24, 2.45) is 5.92 Å². The van der Waals surface area contributed by atoms with Gasteiger partial charge in [0.25, 0.3) is 0 Å². The van der Waals surface area contributed by atoms with E-state index >= 15 is 0 Å². The van der Waals surface area contributed by atoms with Gasteiger partial charge in [-0.2, -0.15) is 0 Å². The first-order chi connectivity index (χ1) is 16.5. The third-order valence-corrected chi connectivity index (χ3v) is 6.13. The van der Waals surface area contributed by atoms with Gasteiger partial charge in [-0.25, -0.2) is 9.59 Å². The number of nitrogens with one attached hydrogen (secondary N) is 2. The number of amides is 2. The third kappa shape index (κ3) is 8.54. The molecule has 2 aromatic carbocycles. The molecule has 1 fully saturated rings. The fourth-order valence-corrected chi connectivity index (χ4v) is 4.07. The number of alkyl carbamates (subject to hydrolysis) is 1. The highest BCUT2D eigenvalue weighted by molar-refractivity contribution is 5.83. The Hall–Kier alpha value is -3.35. The quantitative estimate of drug-likeness (QED) is 0.503. The van der Waals surface area contributed by atoms with Crippen molar-refractivity contribution in [3.8, 4) is 0 Å². The average Bonchev–Trinajstić information content (AvgIpc) is 2.86. The Morgan fingerprint density at radius 2 is 1.47 bits per heavy atom. The Morgan fingerprint density at radius 1 is 0.882 bits per heavy atom. The van der Waals surface area contributed by atoms with Crippen LogP contribution >= 0.6 is 0 Å². The number of hydrogen-bond acceptors (Lipinski definition) is 5. The number of carbonyl (C=O) groups excluding carboxylic acids is 3. The molecule has 7 nitrogen and oxygen atoms in total. The highest BCUT2D eigenvalue weighted by Crippen LogP contribution is 2.23. The lowest BCUT2D eigenvalue weighted by Gasteiger charge is -2.29. The van der Waals surface area contributed by atoms with Crippen LogP contribution in [0.1, 0.15) is 56.6 Å². The second-order valence-electron chi connectivity index (χ2n) is 8.83. The third-order valence-electron chi connectivity index (χ3n) is 6.13. The van der Waals surface area contributed by atoms with Crippen LogP contribution in [0.2, 0.25) is 0 Å². The molecule has 2 N–H and O–H groups in total. The maximum absolute atomic E-state index is 12.8. The summed E-state index contributed by atoms with van der Waals surface area (Å²) in [5.74, 6) is -0.283. The van der Waals surface area contributed by atoms with Gasteiger partial charge >= 0.3 is 12.1 Å². The second kappa shape index (κ2) is 13.4. The minimum atomic E-state index is -0.985. The molecule has 0 aliphatic heterocycles. The number of esters is 1. The van der Waals surface area contributed by atoms with Crippen LogP contribution in [0.15, 0.2) is 60.7 Å². The number of benzene rings is 2. The van der Waals surface area contributed by atoms with E-state index in [1.807, 2.05) is 60.7 Å². The summed E-state index contributed by atoms with van der Waals surface area (Å²) in [4.78, 5) is 37.7. The topological polar surface area (TPSA) is 93.7 Å². The van der Waals surface area contributed by atoms with Crippen molar-refractivity contribution in [1.29, 1.82) is 0 Å². The van der Waals surface area contributed by atoms with Gasteiger partial charge < -0.3 is 20.1 Å². The average molecular weight is 467 g/mol. The molecule has 2 aromatic rings. The van der Waals surface area contributed by atoms with Gasteiger partial charge in [-0.15, -0.1) is 0 Å². The maximum atomic E-state index is 12.8. The van der Waals surface area contributed by atoms with Crippen LogP contribution in [0.3, 0.4) is 0 Å². The summed E-state index contributed by atoms with van der Waals surface area (Å²) >= 11 is 0. The van der Waals surface area contributed by atoms with E-state index in [1.54, 1.807) is 0 Å². The van der Waals surface area contributed by atoms with Crippen LogP contribution in [0, 0.1) is 5.92 Å². The summed E-state index contributed by atoms with van der Waals surface area (Å²) in [5, 5.41) is 5.66. The number of ether oxygens (including phenoxy) is 2. The lowest BCUT2D eigenvalue weighted by atomic mass is 9.86. The van der Waals surface area contributed by atoms with Crippen molar-refractivity contribution in [2.45, 2.75) is 70.7 Å². The number of rotatable bonds is 10. The largest absolute Gasteiger partial charge is 0.459 e. The van der Waals surface area contributed by atoms with E-state index in [-0.39, 0.29) is 38.0 Å². The highest BCUT2D eigenvalue weighted by atomic mass is 16.6. The van der Waals surface area contributed by atoms with Crippen molar-refractivity contribution in [2.75, 3.05) is 0 Å². The Bertz CT molecular complexity index is 919. The van der Waals surface area contributed by atoms with Gasteiger partial charge in [-0.1, -0.05) is 80.4 Å². The van der Waals surface area contributed by atoms with E-state index in [9.17, 15) is 14.4 Å². The number of hydrogen-bond donors (Lipinski definition) is 2. The smallest absolute Gasteiger partial charge is 0.408 e. The van der Waals surface area contributed by atoms with Crippen LogP contribution in [0.25, 0.3) is 0 Å². The number of carbonyl (C=O) groups is 3. The van der Waals surface area contributed by atoms with Gasteiger partial charge in [-0.3, -0.25) is 4.79 Å². The van der Waals surface area contributed by atoms with Crippen molar-refractivity contribution in [3.05, 3.63) is 71.8 Å². The molecule has 3 atom stereocenters. The van der Waals surface area contributed by atoms with Crippen LogP contribution < -0.4 is 10.6 Å². The molecule has 7 heteroatoms. The molecule has 0 heterocycles. The van der Waals surface area contributed by atoms with Gasteiger partial charge in [0.15, 0.2) is 0 Å². The molecule has 0 radical (unpaired) electrons. The lowest BCUT2D eigenvalue weighted by Crippen LogP contribution is -2.44. The zero-order valence-corrected chi connectivity index (χ0v) is 19.7. The lowest BCUT2D eigenvalue weighted by molar-refractivity contribution is -0.147. The monoisotopic (exact) mass is 466 g/mol. The molecule has 182 valence electrons. The maximum Gasteiger partial charge on any atom is 0.408 e. The molecular weight excluding hydrogens is 432 g/mol. The molecule has 1 aliphatic carbocycles. The van der Waals surface area contributed by atoms with E-state index in [4.69, 9.17) is 9.47 Å². The van der Waals surface area contributed by atoms with E-state index in [0.29, 0.717) is 5.92 Å². The highest BCUT2D eigenvalue weighted by Gasteiger charge is 2.26. The van der Waals surface area contributed by atoms with Crippen molar-refractivity contribution in [3.63, 3.8) is 0 Å². The van der Waals surface area contributed by atoms with Gasteiger partial charge in [0.2, 0.25) is 5.91 Å². The van der Waals surface area contributed by atoms with Gasteiger partial charge in [0.1, 0.15) is 19.3 Å². The van der Waals surface area contributed by atoms with Crippen LogP contribution in [-0.2, 0) is 32.3 Å². The molecule has 0 unspecified atom stereocenters. The minimum Gasteiger partial charge on any atom is -0.459 e. The zero-order chi connectivity index (χ0) is 24.2. The summed E-state index contributed by atoms with van der Waals surface area (Å²) < 4.78 is 10.7. The van der Waals surface area contributed by atoms with E-state index in [0.717, 1.165) is 30.4 Å². The van der Waals surface area contributed by atoms with Crippen molar-refractivity contribution in [1.82, 2.24) is 10.6 Å². The summed E-state index contributed by atoms with van der Waals surface area (Å²) in [6.45, 7) is 2.32. The first kappa shape index (κ1) is 25.3. The first-order valence-corrected chi connectivity index (χ1v) is 12.0. The Labute approximate surface area is 201 Å².